The predicted molar refractivity (Wildman–Crippen MR) is 98.2 cm³/mol. The third-order valence-electron chi connectivity index (χ3n) is 3.66. The molecule has 1 atom stereocenters. The van der Waals surface area contributed by atoms with Crippen molar-refractivity contribution in [2.24, 2.45) is 0 Å². The first-order valence-corrected chi connectivity index (χ1v) is 9.08. The van der Waals surface area contributed by atoms with Crippen molar-refractivity contribution in [1.82, 2.24) is 5.32 Å². The van der Waals surface area contributed by atoms with E-state index in [-0.39, 0.29) is 5.91 Å². The van der Waals surface area contributed by atoms with E-state index in [2.05, 4.69) is 5.32 Å². The van der Waals surface area contributed by atoms with Crippen molar-refractivity contribution in [3.8, 4) is 11.5 Å². The summed E-state index contributed by atoms with van der Waals surface area (Å²) in [4.78, 5) is 24.9. The Labute approximate surface area is 155 Å². The summed E-state index contributed by atoms with van der Waals surface area (Å²) >= 11 is 1.55. The molecule has 2 aromatic rings. The summed E-state index contributed by atoms with van der Waals surface area (Å²) in [6, 6.07) is 9.24. The zero-order valence-corrected chi connectivity index (χ0v) is 15.1. The fraction of sp³-hybridized carbons (Fsp3) is 0.263. The van der Waals surface area contributed by atoms with Crippen molar-refractivity contribution in [3.05, 3.63) is 52.2 Å². The molecule has 1 aromatic carbocycles. The van der Waals surface area contributed by atoms with Gasteiger partial charge in [-0.1, -0.05) is 12.1 Å². The van der Waals surface area contributed by atoms with Gasteiger partial charge in [0.15, 0.2) is 17.6 Å². The van der Waals surface area contributed by atoms with Crippen LogP contribution in [-0.4, -0.2) is 31.2 Å². The average Bonchev–Trinajstić information content (AvgIpc) is 3.17. The van der Waals surface area contributed by atoms with E-state index < -0.39 is 12.1 Å². The Morgan fingerprint density at radius 1 is 1.27 bits per heavy atom. The third kappa shape index (κ3) is 4.86. The van der Waals surface area contributed by atoms with E-state index in [9.17, 15) is 9.59 Å². The number of ether oxygens (including phenoxy) is 3. The highest BCUT2D eigenvalue weighted by Gasteiger charge is 2.16. The molecule has 0 fully saturated rings. The Kier molecular flexibility index (Phi) is 5.91. The van der Waals surface area contributed by atoms with Crippen molar-refractivity contribution < 1.29 is 23.8 Å². The van der Waals surface area contributed by atoms with Crippen LogP contribution in [0.15, 0.2) is 41.8 Å². The predicted octanol–water partition coefficient (Wildman–Crippen LogP) is 2.78. The Hall–Kier alpha value is -2.80. The largest absolute Gasteiger partial charge is 0.486 e. The highest BCUT2D eigenvalue weighted by molar-refractivity contribution is 7.09. The molecule has 26 heavy (non-hydrogen) atoms. The zero-order chi connectivity index (χ0) is 18.4. The van der Waals surface area contributed by atoms with Gasteiger partial charge in [-0.3, -0.25) is 4.79 Å². The van der Waals surface area contributed by atoms with E-state index in [1.807, 2.05) is 23.6 Å². The number of thiophene rings is 1. The van der Waals surface area contributed by atoms with Crippen LogP contribution in [-0.2, 0) is 20.9 Å². The molecule has 1 aliphatic heterocycles. The molecule has 0 aliphatic carbocycles. The normalized spacial score (nSPS) is 14.0. The first-order valence-electron chi connectivity index (χ1n) is 8.20. The topological polar surface area (TPSA) is 73.9 Å². The third-order valence-corrected chi connectivity index (χ3v) is 4.53. The highest BCUT2D eigenvalue weighted by Crippen LogP contribution is 2.31. The molecule has 3 rings (SSSR count). The van der Waals surface area contributed by atoms with Crippen LogP contribution >= 0.6 is 11.3 Å². The number of rotatable bonds is 6. The van der Waals surface area contributed by atoms with Crippen LogP contribution in [0.4, 0.5) is 0 Å². The van der Waals surface area contributed by atoms with E-state index in [4.69, 9.17) is 14.2 Å². The lowest BCUT2D eigenvalue weighted by Crippen LogP contribution is -2.34. The molecule has 0 saturated carbocycles. The van der Waals surface area contributed by atoms with Gasteiger partial charge in [0, 0.05) is 11.0 Å². The standard InChI is InChI=1S/C19H19NO5S/c1-13(19(22)20-12-15-3-2-10-26-15)25-18(21)7-5-14-4-6-16-17(11-14)24-9-8-23-16/h2-7,10-11,13H,8-9,12H2,1H3,(H,20,22)/b7-5+/t13-/m1/s1. The van der Waals surface area contributed by atoms with Gasteiger partial charge >= 0.3 is 5.97 Å². The van der Waals surface area contributed by atoms with Crippen LogP contribution in [0.2, 0.25) is 0 Å². The van der Waals surface area contributed by atoms with E-state index in [0.29, 0.717) is 31.3 Å². The molecule has 0 radical (unpaired) electrons. The summed E-state index contributed by atoms with van der Waals surface area (Å²) in [5.74, 6) is 0.415. The number of nitrogens with one attached hydrogen (secondary N) is 1. The molecule has 1 N–H and O–H groups in total. The number of hydrogen-bond donors (Lipinski definition) is 1. The Bertz CT molecular complexity index is 800. The highest BCUT2D eigenvalue weighted by atomic mass is 32.1. The lowest BCUT2D eigenvalue weighted by molar-refractivity contribution is -0.150. The Morgan fingerprint density at radius 3 is 2.85 bits per heavy atom. The second-order valence-corrected chi connectivity index (χ2v) is 6.64. The SMILES string of the molecule is C[C@@H](OC(=O)/C=C/c1ccc2c(c1)OCCO2)C(=O)NCc1cccs1. The fourth-order valence-corrected chi connectivity index (χ4v) is 2.97. The van der Waals surface area contributed by atoms with Crippen LogP contribution < -0.4 is 14.8 Å². The van der Waals surface area contributed by atoms with Crippen LogP contribution in [0.1, 0.15) is 17.4 Å². The minimum Gasteiger partial charge on any atom is -0.486 e. The zero-order valence-electron chi connectivity index (χ0n) is 14.3. The fourth-order valence-electron chi connectivity index (χ4n) is 2.33. The maximum absolute atomic E-state index is 12.0. The monoisotopic (exact) mass is 373 g/mol. The van der Waals surface area contributed by atoms with Gasteiger partial charge in [-0.15, -0.1) is 11.3 Å². The Balaban J connectivity index is 1.49. The summed E-state index contributed by atoms with van der Waals surface area (Å²) in [5, 5.41) is 4.68. The first-order chi connectivity index (χ1) is 12.6. The lowest BCUT2D eigenvalue weighted by atomic mass is 10.2. The van der Waals surface area contributed by atoms with Gasteiger partial charge < -0.3 is 19.5 Å². The molecule has 6 nitrogen and oxygen atoms in total. The van der Waals surface area contributed by atoms with Crippen molar-refractivity contribution in [2.75, 3.05) is 13.2 Å². The van der Waals surface area contributed by atoms with Gasteiger partial charge in [-0.05, 0) is 42.1 Å². The van der Waals surface area contributed by atoms with E-state index in [1.165, 1.54) is 6.08 Å². The maximum atomic E-state index is 12.0. The summed E-state index contributed by atoms with van der Waals surface area (Å²) < 4.78 is 16.1. The number of esters is 1. The molecular weight excluding hydrogens is 354 g/mol. The molecule has 0 bridgehead atoms. The van der Waals surface area contributed by atoms with Crippen LogP contribution in [0, 0.1) is 0 Å². The smallest absolute Gasteiger partial charge is 0.331 e. The maximum Gasteiger partial charge on any atom is 0.331 e. The van der Waals surface area contributed by atoms with Crippen molar-refractivity contribution >= 4 is 29.3 Å². The van der Waals surface area contributed by atoms with E-state index >= 15 is 0 Å². The van der Waals surface area contributed by atoms with Gasteiger partial charge in [-0.25, -0.2) is 4.79 Å². The summed E-state index contributed by atoms with van der Waals surface area (Å²) in [5.41, 5.74) is 0.779. The number of fused-ring (bicyclic) bond motifs is 1. The Morgan fingerprint density at radius 2 is 2.08 bits per heavy atom. The van der Waals surface area contributed by atoms with Gasteiger partial charge in [0.2, 0.25) is 0 Å². The molecule has 0 spiro atoms. The van der Waals surface area contributed by atoms with Crippen LogP contribution in [0.3, 0.4) is 0 Å². The van der Waals surface area contributed by atoms with E-state index in [0.717, 1.165) is 10.4 Å². The first kappa shape index (κ1) is 18.0. The average molecular weight is 373 g/mol. The molecular formula is C19H19NO5S. The van der Waals surface area contributed by atoms with Gasteiger partial charge in [0.05, 0.1) is 6.54 Å². The lowest BCUT2D eigenvalue weighted by Gasteiger charge is -2.18. The minimum absolute atomic E-state index is 0.334. The number of hydrogen-bond acceptors (Lipinski definition) is 6. The molecule has 2 heterocycles. The molecule has 0 saturated heterocycles. The van der Waals surface area contributed by atoms with Crippen LogP contribution in [0.25, 0.3) is 6.08 Å². The van der Waals surface area contributed by atoms with Crippen molar-refractivity contribution in [1.29, 1.82) is 0 Å². The van der Waals surface area contributed by atoms with Gasteiger partial charge in [0.1, 0.15) is 13.2 Å². The molecule has 1 aliphatic rings. The van der Waals surface area contributed by atoms with Gasteiger partial charge in [0.25, 0.3) is 5.91 Å². The minimum atomic E-state index is -0.868. The summed E-state index contributed by atoms with van der Waals surface area (Å²) in [6.07, 6.45) is 2.03. The molecule has 136 valence electrons. The molecule has 7 heteroatoms. The van der Waals surface area contributed by atoms with Crippen LogP contribution in [0.5, 0.6) is 11.5 Å². The number of benzene rings is 1. The number of carbonyl (C=O) groups is 2. The van der Waals surface area contributed by atoms with Crippen molar-refractivity contribution in [2.45, 2.75) is 19.6 Å². The quantitative estimate of drug-likeness (QED) is 0.623. The van der Waals surface area contributed by atoms with E-state index in [1.54, 1.807) is 36.5 Å². The summed E-state index contributed by atoms with van der Waals surface area (Å²) in [7, 11) is 0. The second-order valence-electron chi connectivity index (χ2n) is 5.61. The van der Waals surface area contributed by atoms with Gasteiger partial charge in [-0.2, -0.15) is 0 Å². The molecule has 1 amide bonds. The second kappa shape index (κ2) is 8.53. The number of carbonyl (C=O) groups excluding carboxylic acids is 2. The molecule has 1 aromatic heterocycles. The van der Waals surface area contributed by atoms with Crippen molar-refractivity contribution in [3.63, 3.8) is 0 Å². The summed E-state index contributed by atoms with van der Waals surface area (Å²) in [6.45, 7) is 2.99. The molecule has 0 unspecified atom stereocenters. The number of amides is 1.